The molecule has 0 atom stereocenters. The molecule has 0 amide bonds. The van der Waals surface area contributed by atoms with Crippen molar-refractivity contribution in [2.24, 2.45) is 5.92 Å². The fourth-order valence-corrected chi connectivity index (χ4v) is 4.19. The van der Waals surface area contributed by atoms with Gasteiger partial charge in [-0.05, 0) is 86.0 Å². The molecule has 0 heterocycles. The van der Waals surface area contributed by atoms with Gasteiger partial charge in [0, 0.05) is 0 Å². The molecule has 2 aromatic carbocycles. The second-order valence-corrected chi connectivity index (χ2v) is 7.72. The molecule has 146 valence electrons. The molecule has 27 heavy (non-hydrogen) atoms. The van der Waals surface area contributed by atoms with E-state index in [2.05, 4.69) is 0 Å². The Bertz CT molecular complexity index is 805. The molecule has 0 radical (unpaired) electrons. The van der Waals surface area contributed by atoms with Gasteiger partial charge in [-0.2, -0.15) is 0 Å². The minimum absolute atomic E-state index is 0.0372. The zero-order chi connectivity index (χ0) is 19.6. The van der Waals surface area contributed by atoms with Gasteiger partial charge >= 0.3 is 0 Å². The highest BCUT2D eigenvalue weighted by Crippen LogP contribution is 2.39. The van der Waals surface area contributed by atoms with Crippen molar-refractivity contribution >= 4 is 0 Å². The van der Waals surface area contributed by atoms with E-state index in [0.717, 1.165) is 32.1 Å². The van der Waals surface area contributed by atoms with Gasteiger partial charge in [0.25, 0.3) is 0 Å². The molecule has 1 fully saturated rings. The molecular formula is C23H26F4. The predicted molar refractivity (Wildman–Crippen MR) is 99.9 cm³/mol. The summed E-state index contributed by atoms with van der Waals surface area (Å²) in [6.45, 7) is 3.37. The van der Waals surface area contributed by atoms with E-state index >= 15 is 0 Å². The number of halogens is 4. The van der Waals surface area contributed by atoms with E-state index in [0.29, 0.717) is 41.0 Å². The van der Waals surface area contributed by atoms with Crippen molar-refractivity contribution in [1.29, 1.82) is 0 Å². The highest BCUT2D eigenvalue weighted by atomic mass is 19.2. The third-order valence-electron chi connectivity index (χ3n) is 6.04. The lowest BCUT2D eigenvalue weighted by atomic mass is 9.76. The smallest absolute Gasteiger partial charge is 0.162 e. The maximum absolute atomic E-state index is 14.4. The maximum Gasteiger partial charge on any atom is 0.162 e. The Balaban J connectivity index is 1.58. The number of aryl methyl sites for hydroxylation is 3. The first-order chi connectivity index (χ1) is 12.9. The molecule has 0 saturated heterocycles. The minimum atomic E-state index is -0.760. The standard InChI is InChI=1S/C23H26F4/c1-3-16-12-13-19(23(27)21(16)25)17-9-5-15(6-10-17)7-11-18-8-4-14(2)20(24)22(18)26/h4,8,12-13,15,17H,3,5-7,9-11H2,1-2H3. The second kappa shape index (κ2) is 8.45. The van der Waals surface area contributed by atoms with E-state index in [4.69, 9.17) is 0 Å². The summed E-state index contributed by atoms with van der Waals surface area (Å²) < 4.78 is 56.1. The van der Waals surface area contributed by atoms with Crippen LogP contribution in [-0.2, 0) is 12.8 Å². The summed E-state index contributed by atoms with van der Waals surface area (Å²) in [5.74, 6) is -2.46. The summed E-state index contributed by atoms with van der Waals surface area (Å²) in [4.78, 5) is 0. The summed E-state index contributed by atoms with van der Waals surface area (Å²) in [5, 5.41) is 0. The van der Waals surface area contributed by atoms with E-state index < -0.39 is 23.3 Å². The van der Waals surface area contributed by atoms with Gasteiger partial charge in [-0.3, -0.25) is 0 Å². The van der Waals surface area contributed by atoms with Crippen LogP contribution in [0.2, 0.25) is 0 Å². The molecule has 0 bridgehead atoms. The summed E-state index contributed by atoms with van der Waals surface area (Å²) in [6, 6.07) is 6.69. The van der Waals surface area contributed by atoms with Crippen LogP contribution in [-0.4, -0.2) is 0 Å². The number of rotatable bonds is 5. The van der Waals surface area contributed by atoms with E-state index in [1.54, 1.807) is 31.2 Å². The van der Waals surface area contributed by atoms with Gasteiger partial charge in [0.05, 0.1) is 0 Å². The SMILES string of the molecule is CCc1ccc(C2CCC(CCc3ccc(C)c(F)c3F)CC2)c(F)c1F. The number of hydrogen-bond acceptors (Lipinski definition) is 0. The molecule has 2 aromatic rings. The Kier molecular flexibility index (Phi) is 6.23. The monoisotopic (exact) mass is 378 g/mol. The average Bonchev–Trinajstić information content (AvgIpc) is 2.68. The Morgan fingerprint density at radius 2 is 1.41 bits per heavy atom. The van der Waals surface area contributed by atoms with Gasteiger partial charge in [-0.1, -0.05) is 31.2 Å². The van der Waals surface area contributed by atoms with Gasteiger partial charge in [0.2, 0.25) is 0 Å². The van der Waals surface area contributed by atoms with Crippen molar-refractivity contribution in [1.82, 2.24) is 0 Å². The van der Waals surface area contributed by atoms with Crippen LogP contribution in [0.15, 0.2) is 24.3 Å². The van der Waals surface area contributed by atoms with Crippen LogP contribution in [0.1, 0.15) is 67.2 Å². The molecule has 0 aromatic heterocycles. The Hall–Kier alpha value is -1.84. The van der Waals surface area contributed by atoms with Crippen LogP contribution < -0.4 is 0 Å². The van der Waals surface area contributed by atoms with Crippen LogP contribution in [0, 0.1) is 36.1 Å². The van der Waals surface area contributed by atoms with Crippen molar-refractivity contribution in [3.8, 4) is 0 Å². The fourth-order valence-electron chi connectivity index (χ4n) is 4.19. The quantitative estimate of drug-likeness (QED) is 0.490. The molecule has 0 nitrogen and oxygen atoms in total. The minimum Gasteiger partial charge on any atom is -0.203 e. The van der Waals surface area contributed by atoms with E-state index in [-0.39, 0.29) is 5.92 Å². The van der Waals surface area contributed by atoms with Gasteiger partial charge in [-0.25, -0.2) is 17.6 Å². The van der Waals surface area contributed by atoms with Crippen molar-refractivity contribution in [2.75, 3.05) is 0 Å². The molecular weight excluding hydrogens is 352 g/mol. The van der Waals surface area contributed by atoms with Gasteiger partial charge in [-0.15, -0.1) is 0 Å². The van der Waals surface area contributed by atoms with Crippen LogP contribution in [0.5, 0.6) is 0 Å². The molecule has 1 saturated carbocycles. The maximum atomic E-state index is 14.4. The zero-order valence-corrected chi connectivity index (χ0v) is 15.9. The highest BCUT2D eigenvalue weighted by Gasteiger charge is 2.26. The lowest BCUT2D eigenvalue weighted by Gasteiger charge is -2.29. The largest absolute Gasteiger partial charge is 0.203 e. The third kappa shape index (κ3) is 4.20. The van der Waals surface area contributed by atoms with Crippen molar-refractivity contribution in [3.05, 3.63) is 69.8 Å². The molecule has 1 aliphatic carbocycles. The van der Waals surface area contributed by atoms with Crippen LogP contribution in [0.4, 0.5) is 17.6 Å². The molecule has 0 aliphatic heterocycles. The summed E-state index contributed by atoms with van der Waals surface area (Å²) in [5.41, 5.74) is 1.63. The zero-order valence-electron chi connectivity index (χ0n) is 15.9. The van der Waals surface area contributed by atoms with Crippen molar-refractivity contribution in [3.63, 3.8) is 0 Å². The van der Waals surface area contributed by atoms with Crippen LogP contribution >= 0.6 is 0 Å². The number of benzene rings is 2. The van der Waals surface area contributed by atoms with Crippen molar-refractivity contribution in [2.45, 2.75) is 64.7 Å². The first-order valence-electron chi connectivity index (χ1n) is 9.82. The van der Waals surface area contributed by atoms with Gasteiger partial charge in [0.1, 0.15) is 0 Å². The Morgan fingerprint density at radius 3 is 2.07 bits per heavy atom. The topological polar surface area (TPSA) is 0 Å². The predicted octanol–water partition coefficient (Wildman–Crippen LogP) is 7.02. The van der Waals surface area contributed by atoms with E-state index in [1.807, 2.05) is 6.92 Å². The highest BCUT2D eigenvalue weighted by molar-refractivity contribution is 5.29. The normalized spacial score (nSPS) is 20.1. The van der Waals surface area contributed by atoms with E-state index in [9.17, 15) is 17.6 Å². The number of hydrogen-bond donors (Lipinski definition) is 0. The lowest BCUT2D eigenvalue weighted by Crippen LogP contribution is -2.16. The first kappa shape index (κ1) is 19.9. The summed E-state index contributed by atoms with van der Waals surface area (Å²) in [7, 11) is 0. The fraction of sp³-hybridized carbons (Fsp3) is 0.478. The molecule has 4 heteroatoms. The molecule has 0 N–H and O–H groups in total. The molecule has 3 rings (SSSR count). The summed E-state index contributed by atoms with van der Waals surface area (Å²) in [6.07, 6.45) is 5.18. The molecule has 0 unspecified atom stereocenters. The molecule has 1 aliphatic rings. The summed E-state index contributed by atoms with van der Waals surface area (Å²) >= 11 is 0. The van der Waals surface area contributed by atoms with Gasteiger partial charge in [0.15, 0.2) is 23.3 Å². The van der Waals surface area contributed by atoms with Crippen LogP contribution in [0.3, 0.4) is 0 Å². The van der Waals surface area contributed by atoms with Crippen molar-refractivity contribution < 1.29 is 17.6 Å². The van der Waals surface area contributed by atoms with Crippen LogP contribution in [0.25, 0.3) is 0 Å². The van der Waals surface area contributed by atoms with Gasteiger partial charge < -0.3 is 0 Å². The first-order valence-corrected chi connectivity index (χ1v) is 9.82. The third-order valence-corrected chi connectivity index (χ3v) is 6.04. The average molecular weight is 378 g/mol. The van der Waals surface area contributed by atoms with E-state index in [1.165, 1.54) is 0 Å². The Labute approximate surface area is 158 Å². The molecule has 0 spiro atoms. The second-order valence-electron chi connectivity index (χ2n) is 7.72. The Morgan fingerprint density at radius 1 is 0.778 bits per heavy atom. The lowest BCUT2D eigenvalue weighted by molar-refractivity contribution is 0.303.